The summed E-state index contributed by atoms with van der Waals surface area (Å²) in [7, 11) is 1.80. The van der Waals surface area contributed by atoms with Crippen molar-refractivity contribution in [1.82, 2.24) is 10.2 Å². The largest absolute Gasteiger partial charge is 0.352 e. The molecule has 0 unspecified atom stereocenters. The van der Waals surface area contributed by atoms with E-state index in [0.29, 0.717) is 19.4 Å². The molecule has 3 rings (SSSR count). The van der Waals surface area contributed by atoms with Crippen LogP contribution in [0.25, 0.3) is 0 Å². The summed E-state index contributed by atoms with van der Waals surface area (Å²) in [6.45, 7) is 2.56. The van der Waals surface area contributed by atoms with Gasteiger partial charge in [0.25, 0.3) is 0 Å². The SMILES string of the molecule is Cc1cccc(CNC(=O)[C@@H]2CCC(=O)N(C)[C@@H]2c2cccs2)c1. The molecule has 1 aliphatic rings. The van der Waals surface area contributed by atoms with Crippen molar-refractivity contribution in [2.24, 2.45) is 5.92 Å². The topological polar surface area (TPSA) is 49.4 Å². The Hall–Kier alpha value is -2.14. The number of likely N-dealkylation sites (tertiary alicyclic amines) is 1. The third-order valence-corrected chi connectivity index (χ3v) is 5.52. The molecule has 2 heterocycles. The molecule has 1 aromatic carbocycles. The molecule has 5 heteroatoms. The van der Waals surface area contributed by atoms with Crippen LogP contribution in [0.15, 0.2) is 41.8 Å². The zero-order valence-electron chi connectivity index (χ0n) is 14.0. The van der Waals surface area contributed by atoms with Crippen LogP contribution >= 0.6 is 11.3 Å². The zero-order chi connectivity index (χ0) is 17.1. The Labute approximate surface area is 146 Å². The summed E-state index contributed by atoms with van der Waals surface area (Å²) in [5.41, 5.74) is 2.28. The standard InChI is InChI=1S/C19H22N2O2S/c1-13-5-3-6-14(11-13)12-20-19(23)15-8-9-17(22)21(2)18(15)16-7-4-10-24-16/h3-7,10-11,15,18H,8-9,12H2,1-2H3,(H,20,23)/t15-,18+/m1/s1. The van der Waals surface area contributed by atoms with Gasteiger partial charge in [0.2, 0.25) is 11.8 Å². The van der Waals surface area contributed by atoms with E-state index in [-0.39, 0.29) is 23.8 Å². The first kappa shape index (κ1) is 16.7. The molecular formula is C19H22N2O2S. The summed E-state index contributed by atoms with van der Waals surface area (Å²) in [4.78, 5) is 27.7. The molecule has 0 bridgehead atoms. The van der Waals surface area contributed by atoms with Crippen molar-refractivity contribution in [2.45, 2.75) is 32.4 Å². The molecule has 0 spiro atoms. The first-order valence-corrected chi connectivity index (χ1v) is 9.06. The molecule has 0 saturated carbocycles. The number of hydrogen-bond donors (Lipinski definition) is 1. The van der Waals surface area contributed by atoms with Crippen LogP contribution in [0.4, 0.5) is 0 Å². The van der Waals surface area contributed by atoms with Gasteiger partial charge in [-0.15, -0.1) is 11.3 Å². The van der Waals surface area contributed by atoms with Gasteiger partial charge in [-0.05, 0) is 30.4 Å². The van der Waals surface area contributed by atoms with Crippen molar-refractivity contribution in [2.75, 3.05) is 7.05 Å². The van der Waals surface area contributed by atoms with E-state index in [1.54, 1.807) is 23.3 Å². The zero-order valence-corrected chi connectivity index (χ0v) is 14.8. The van der Waals surface area contributed by atoms with Crippen LogP contribution in [-0.2, 0) is 16.1 Å². The molecule has 1 N–H and O–H groups in total. The minimum absolute atomic E-state index is 0.0225. The van der Waals surface area contributed by atoms with E-state index in [0.717, 1.165) is 10.4 Å². The number of hydrogen-bond acceptors (Lipinski definition) is 3. The highest BCUT2D eigenvalue weighted by Crippen LogP contribution is 2.37. The van der Waals surface area contributed by atoms with Gasteiger partial charge in [0.15, 0.2) is 0 Å². The van der Waals surface area contributed by atoms with Crippen molar-refractivity contribution < 1.29 is 9.59 Å². The van der Waals surface area contributed by atoms with Gasteiger partial charge in [-0.1, -0.05) is 35.9 Å². The average Bonchev–Trinajstić information content (AvgIpc) is 3.09. The third-order valence-electron chi connectivity index (χ3n) is 4.58. The molecule has 2 atom stereocenters. The number of piperidine rings is 1. The van der Waals surface area contributed by atoms with E-state index in [1.165, 1.54) is 5.56 Å². The molecule has 1 fully saturated rings. The van der Waals surface area contributed by atoms with Gasteiger partial charge in [0, 0.05) is 24.9 Å². The van der Waals surface area contributed by atoms with Crippen LogP contribution in [0, 0.1) is 12.8 Å². The highest BCUT2D eigenvalue weighted by molar-refractivity contribution is 7.10. The minimum Gasteiger partial charge on any atom is -0.352 e. The molecule has 126 valence electrons. The van der Waals surface area contributed by atoms with Crippen molar-refractivity contribution in [3.05, 3.63) is 57.8 Å². The van der Waals surface area contributed by atoms with E-state index >= 15 is 0 Å². The van der Waals surface area contributed by atoms with Gasteiger partial charge >= 0.3 is 0 Å². The predicted octanol–water partition coefficient (Wildman–Crippen LogP) is 3.28. The molecular weight excluding hydrogens is 320 g/mol. The average molecular weight is 342 g/mol. The van der Waals surface area contributed by atoms with Crippen LogP contribution in [-0.4, -0.2) is 23.8 Å². The number of rotatable bonds is 4. The van der Waals surface area contributed by atoms with Crippen molar-refractivity contribution in [3.63, 3.8) is 0 Å². The highest BCUT2D eigenvalue weighted by atomic mass is 32.1. The lowest BCUT2D eigenvalue weighted by molar-refractivity contribution is -0.141. The van der Waals surface area contributed by atoms with Gasteiger partial charge < -0.3 is 10.2 Å². The third kappa shape index (κ3) is 3.51. The molecule has 24 heavy (non-hydrogen) atoms. The second-order valence-corrected chi connectivity index (χ2v) is 7.30. The number of carbonyl (C=O) groups is 2. The van der Waals surface area contributed by atoms with Crippen molar-refractivity contribution in [1.29, 1.82) is 0 Å². The number of nitrogens with one attached hydrogen (secondary N) is 1. The normalized spacial score (nSPS) is 20.9. The number of benzene rings is 1. The smallest absolute Gasteiger partial charge is 0.225 e. The highest BCUT2D eigenvalue weighted by Gasteiger charge is 2.39. The van der Waals surface area contributed by atoms with E-state index in [9.17, 15) is 9.59 Å². The minimum atomic E-state index is -0.198. The fourth-order valence-electron chi connectivity index (χ4n) is 3.30. The Kier molecular flexibility index (Phi) is 5.00. The molecule has 4 nitrogen and oxygen atoms in total. The summed E-state index contributed by atoms with van der Waals surface area (Å²) < 4.78 is 0. The van der Waals surface area contributed by atoms with Crippen LogP contribution in [0.2, 0.25) is 0 Å². The summed E-state index contributed by atoms with van der Waals surface area (Å²) in [5.74, 6) is -0.0680. The Morgan fingerprint density at radius 2 is 2.17 bits per heavy atom. The maximum absolute atomic E-state index is 12.8. The van der Waals surface area contributed by atoms with Gasteiger partial charge in [0.1, 0.15) is 0 Å². The van der Waals surface area contributed by atoms with Crippen LogP contribution in [0.1, 0.15) is 34.9 Å². The number of amides is 2. The predicted molar refractivity (Wildman–Crippen MR) is 95.6 cm³/mol. The van der Waals surface area contributed by atoms with Gasteiger partial charge in [-0.25, -0.2) is 0 Å². The lowest BCUT2D eigenvalue weighted by Crippen LogP contribution is -2.45. The molecule has 0 radical (unpaired) electrons. The number of thiophene rings is 1. The Morgan fingerprint density at radius 1 is 1.33 bits per heavy atom. The summed E-state index contributed by atoms with van der Waals surface area (Å²) in [6.07, 6.45) is 1.03. The van der Waals surface area contributed by atoms with E-state index in [2.05, 4.69) is 11.4 Å². The van der Waals surface area contributed by atoms with Gasteiger partial charge in [-0.3, -0.25) is 9.59 Å². The van der Waals surface area contributed by atoms with E-state index < -0.39 is 0 Å². The monoisotopic (exact) mass is 342 g/mol. The first-order chi connectivity index (χ1) is 11.6. The number of nitrogens with zero attached hydrogens (tertiary/aromatic N) is 1. The summed E-state index contributed by atoms with van der Waals surface area (Å²) in [6, 6.07) is 11.9. The van der Waals surface area contributed by atoms with E-state index in [4.69, 9.17) is 0 Å². The maximum Gasteiger partial charge on any atom is 0.225 e. The second-order valence-electron chi connectivity index (χ2n) is 6.32. The number of aryl methyl sites for hydroxylation is 1. The van der Waals surface area contributed by atoms with Gasteiger partial charge in [0.05, 0.1) is 12.0 Å². The first-order valence-electron chi connectivity index (χ1n) is 8.18. The Morgan fingerprint density at radius 3 is 2.88 bits per heavy atom. The Bertz CT molecular complexity index is 727. The lowest BCUT2D eigenvalue weighted by atomic mass is 9.87. The maximum atomic E-state index is 12.8. The Balaban J connectivity index is 1.73. The molecule has 2 aromatic rings. The lowest BCUT2D eigenvalue weighted by Gasteiger charge is -2.37. The van der Waals surface area contributed by atoms with Crippen molar-refractivity contribution in [3.8, 4) is 0 Å². The fourth-order valence-corrected chi connectivity index (χ4v) is 4.24. The molecule has 2 amide bonds. The van der Waals surface area contributed by atoms with Crippen molar-refractivity contribution >= 4 is 23.2 Å². The van der Waals surface area contributed by atoms with E-state index in [1.807, 2.05) is 42.6 Å². The quantitative estimate of drug-likeness (QED) is 0.927. The molecule has 0 aliphatic carbocycles. The molecule has 1 aromatic heterocycles. The van der Waals surface area contributed by atoms with Crippen LogP contribution in [0.5, 0.6) is 0 Å². The molecule has 1 saturated heterocycles. The number of carbonyl (C=O) groups excluding carboxylic acids is 2. The fraction of sp³-hybridized carbons (Fsp3) is 0.368. The van der Waals surface area contributed by atoms with Crippen LogP contribution < -0.4 is 5.32 Å². The summed E-state index contributed by atoms with van der Waals surface area (Å²) in [5, 5.41) is 5.04. The molecule has 1 aliphatic heterocycles. The summed E-state index contributed by atoms with van der Waals surface area (Å²) >= 11 is 1.60. The second kappa shape index (κ2) is 7.18. The van der Waals surface area contributed by atoms with Gasteiger partial charge in [-0.2, -0.15) is 0 Å². The van der Waals surface area contributed by atoms with Crippen LogP contribution in [0.3, 0.4) is 0 Å².